The molecular weight excluding hydrogens is 469 g/mol. The number of carboxylic acid groups (broad SMARTS) is 1. The summed E-state index contributed by atoms with van der Waals surface area (Å²) in [5.74, 6) is -3.16. The average molecular weight is 494 g/mol. The topological polar surface area (TPSA) is 114 Å². The lowest BCUT2D eigenvalue weighted by atomic mass is 9.98. The van der Waals surface area contributed by atoms with Gasteiger partial charge >= 0.3 is 18.2 Å². The monoisotopic (exact) mass is 494 g/mol. The van der Waals surface area contributed by atoms with E-state index < -0.39 is 48.8 Å². The van der Waals surface area contributed by atoms with E-state index in [1.807, 2.05) is 59.2 Å². The number of aliphatic carboxylic acids is 1. The van der Waals surface area contributed by atoms with Gasteiger partial charge in [-0.3, -0.25) is 4.79 Å². The highest BCUT2D eigenvalue weighted by Gasteiger charge is 2.39. The Kier molecular flexibility index (Phi) is 8.00. The molecule has 0 saturated heterocycles. The van der Waals surface area contributed by atoms with Gasteiger partial charge < -0.3 is 25.2 Å². The molecule has 11 heteroatoms. The number of hydrogen-bond acceptors (Lipinski definition) is 5. The third-order valence-corrected chi connectivity index (χ3v) is 5.79. The number of carbonyl (C=O) groups is 3. The summed E-state index contributed by atoms with van der Waals surface area (Å²) in [5, 5.41) is 13.2. The summed E-state index contributed by atoms with van der Waals surface area (Å²) in [6.45, 7) is 1.16. The van der Waals surface area contributed by atoms with Crippen LogP contribution in [0, 0.1) is 0 Å². The number of carbonyl (C=O) groups excluding carboxylic acids is 2. The first kappa shape index (κ1) is 26.0. The fraction of sp³-hybridized carbons (Fsp3) is 0.375. The molecule has 0 fully saturated rings. The van der Waals surface area contributed by atoms with Gasteiger partial charge in [0.15, 0.2) is 6.04 Å². The highest BCUT2D eigenvalue weighted by atomic mass is 19.4. The van der Waals surface area contributed by atoms with Gasteiger partial charge in [-0.15, -0.1) is 0 Å². The lowest BCUT2D eigenvalue weighted by molar-refractivity contribution is -0.152. The fourth-order valence-electron chi connectivity index (χ4n) is 3.99. The first-order valence-corrected chi connectivity index (χ1v) is 10.8. The van der Waals surface area contributed by atoms with Crippen LogP contribution in [0.4, 0.5) is 18.0 Å². The molecule has 0 aliphatic heterocycles. The molecule has 0 saturated carbocycles. The largest absolute Gasteiger partial charge is 0.480 e. The molecule has 3 N–H and O–H groups in total. The van der Waals surface area contributed by atoms with E-state index in [0.717, 1.165) is 22.3 Å². The zero-order valence-corrected chi connectivity index (χ0v) is 19.0. The number of benzene rings is 2. The molecule has 0 bridgehead atoms. The molecule has 0 spiro atoms. The number of fused-ring (bicyclic) bond motifs is 3. The highest BCUT2D eigenvalue weighted by Crippen LogP contribution is 2.44. The number of nitrogens with one attached hydrogen (secondary N) is 2. The molecule has 0 radical (unpaired) electrons. The summed E-state index contributed by atoms with van der Waals surface area (Å²) in [4.78, 5) is 36.3. The molecule has 0 aromatic heterocycles. The van der Waals surface area contributed by atoms with E-state index in [4.69, 9.17) is 9.47 Å². The smallest absolute Gasteiger partial charge is 0.407 e. The predicted molar refractivity (Wildman–Crippen MR) is 119 cm³/mol. The Morgan fingerprint density at radius 1 is 1.00 bits per heavy atom. The molecule has 2 aromatic carbocycles. The van der Waals surface area contributed by atoms with Crippen molar-refractivity contribution in [3.8, 4) is 11.1 Å². The third-order valence-electron chi connectivity index (χ3n) is 5.79. The molecule has 1 unspecified atom stereocenters. The van der Waals surface area contributed by atoms with Crippen molar-refractivity contribution in [2.45, 2.75) is 43.6 Å². The van der Waals surface area contributed by atoms with Gasteiger partial charge in [0.1, 0.15) is 12.6 Å². The predicted octanol–water partition coefficient (Wildman–Crippen LogP) is 3.45. The second kappa shape index (κ2) is 10.8. The molecule has 35 heavy (non-hydrogen) atoms. The summed E-state index contributed by atoms with van der Waals surface area (Å²) >= 11 is 0. The van der Waals surface area contributed by atoms with Gasteiger partial charge in [0.05, 0.1) is 12.5 Å². The summed E-state index contributed by atoms with van der Waals surface area (Å²) in [6.07, 6.45) is -8.79. The lowest BCUT2D eigenvalue weighted by Crippen LogP contribution is -2.56. The van der Waals surface area contributed by atoms with E-state index in [2.05, 4.69) is 0 Å². The number of ether oxygens (including phenoxy) is 2. The molecule has 0 heterocycles. The quantitative estimate of drug-likeness (QED) is 0.492. The van der Waals surface area contributed by atoms with Crippen LogP contribution in [-0.2, 0) is 19.1 Å². The van der Waals surface area contributed by atoms with Crippen LogP contribution in [-0.4, -0.2) is 61.2 Å². The van der Waals surface area contributed by atoms with Crippen LogP contribution in [0.2, 0.25) is 0 Å². The van der Waals surface area contributed by atoms with Crippen molar-refractivity contribution in [1.29, 1.82) is 0 Å². The molecule has 3 atom stereocenters. The second-order valence-electron chi connectivity index (χ2n) is 8.11. The van der Waals surface area contributed by atoms with E-state index in [1.54, 1.807) is 0 Å². The van der Waals surface area contributed by atoms with Crippen LogP contribution in [0.15, 0.2) is 48.5 Å². The van der Waals surface area contributed by atoms with Crippen molar-refractivity contribution in [2.75, 3.05) is 13.7 Å². The number of rotatable bonds is 9. The molecule has 3 rings (SSSR count). The van der Waals surface area contributed by atoms with E-state index in [0.29, 0.717) is 0 Å². The number of halogens is 3. The third kappa shape index (κ3) is 6.30. The Balaban J connectivity index is 1.70. The Labute approximate surface area is 199 Å². The van der Waals surface area contributed by atoms with Crippen LogP contribution >= 0.6 is 0 Å². The van der Waals surface area contributed by atoms with Crippen LogP contribution in [0.5, 0.6) is 0 Å². The summed E-state index contributed by atoms with van der Waals surface area (Å²) in [7, 11) is 1.19. The molecule has 1 aliphatic carbocycles. The van der Waals surface area contributed by atoms with Crippen LogP contribution in [0.3, 0.4) is 0 Å². The standard InChI is InChI=1S/C24H25F3N2O6/c1-13(34-2)20(22(31)32)29-21(30)19(11-24(25,26)27)28-23(33)35-12-18-16-9-5-3-7-14(16)15-8-4-6-10-17(15)18/h3-10,13,18-20H,11-12H2,1-2H3,(H,28,33)(H,29,30)(H,31,32)/t13-,19?,20+/m1/s1. The Morgan fingerprint density at radius 3 is 2.03 bits per heavy atom. The maximum Gasteiger partial charge on any atom is 0.407 e. The van der Waals surface area contributed by atoms with Crippen LogP contribution in [0.25, 0.3) is 11.1 Å². The van der Waals surface area contributed by atoms with Crippen molar-refractivity contribution in [3.63, 3.8) is 0 Å². The molecule has 1 aliphatic rings. The number of amides is 2. The number of carboxylic acids is 1. The molecular formula is C24H25F3N2O6. The highest BCUT2D eigenvalue weighted by molar-refractivity contribution is 5.89. The van der Waals surface area contributed by atoms with Crippen molar-refractivity contribution in [3.05, 3.63) is 59.7 Å². The van der Waals surface area contributed by atoms with E-state index >= 15 is 0 Å². The van der Waals surface area contributed by atoms with Gasteiger partial charge in [-0.1, -0.05) is 48.5 Å². The first-order valence-electron chi connectivity index (χ1n) is 10.8. The second-order valence-corrected chi connectivity index (χ2v) is 8.11. The van der Waals surface area contributed by atoms with Gasteiger partial charge in [-0.2, -0.15) is 13.2 Å². The number of alkyl carbamates (subject to hydrolysis) is 1. The van der Waals surface area contributed by atoms with Gasteiger partial charge in [0.2, 0.25) is 5.91 Å². The van der Waals surface area contributed by atoms with Crippen LogP contribution < -0.4 is 10.6 Å². The van der Waals surface area contributed by atoms with Crippen molar-refractivity contribution < 1.29 is 42.1 Å². The zero-order valence-electron chi connectivity index (χ0n) is 19.0. The minimum atomic E-state index is -4.82. The number of alkyl halides is 3. The molecule has 188 valence electrons. The number of methoxy groups -OCH3 is 1. The first-order chi connectivity index (χ1) is 16.5. The van der Waals surface area contributed by atoms with Crippen molar-refractivity contribution in [1.82, 2.24) is 10.6 Å². The van der Waals surface area contributed by atoms with Crippen molar-refractivity contribution >= 4 is 18.0 Å². The number of hydrogen-bond donors (Lipinski definition) is 3. The van der Waals surface area contributed by atoms with Crippen molar-refractivity contribution in [2.24, 2.45) is 0 Å². The van der Waals surface area contributed by atoms with E-state index in [-0.39, 0.29) is 12.5 Å². The van der Waals surface area contributed by atoms with Gasteiger partial charge in [0, 0.05) is 13.0 Å². The van der Waals surface area contributed by atoms with E-state index in [9.17, 15) is 32.7 Å². The summed E-state index contributed by atoms with van der Waals surface area (Å²) in [6, 6.07) is 11.3. The minimum absolute atomic E-state index is 0.168. The maximum absolute atomic E-state index is 13.1. The minimum Gasteiger partial charge on any atom is -0.480 e. The lowest BCUT2D eigenvalue weighted by Gasteiger charge is -2.25. The molecule has 2 amide bonds. The SMILES string of the molecule is CO[C@H](C)[C@H](NC(=O)C(CC(F)(F)F)NC(=O)OCC1c2ccccc2-c2ccccc21)C(=O)O. The Morgan fingerprint density at radius 2 is 1.54 bits per heavy atom. The Bertz CT molecular complexity index is 1050. The molecule has 2 aromatic rings. The summed E-state index contributed by atoms with van der Waals surface area (Å²) in [5.41, 5.74) is 3.75. The average Bonchev–Trinajstić information content (AvgIpc) is 3.12. The Hall–Kier alpha value is -3.60. The van der Waals surface area contributed by atoms with Gasteiger partial charge in [-0.05, 0) is 29.2 Å². The van der Waals surface area contributed by atoms with Gasteiger partial charge in [-0.25, -0.2) is 9.59 Å². The fourth-order valence-corrected chi connectivity index (χ4v) is 3.99. The van der Waals surface area contributed by atoms with Crippen LogP contribution in [0.1, 0.15) is 30.4 Å². The zero-order chi connectivity index (χ0) is 25.8. The van der Waals surface area contributed by atoms with E-state index in [1.165, 1.54) is 14.0 Å². The van der Waals surface area contributed by atoms with Gasteiger partial charge in [0.25, 0.3) is 0 Å². The maximum atomic E-state index is 13.1. The normalized spacial score (nSPS) is 15.3. The molecule has 8 nitrogen and oxygen atoms in total. The summed E-state index contributed by atoms with van der Waals surface area (Å²) < 4.78 is 49.3.